The number of aryl methyl sites for hydroxylation is 2. The molecular formula is C19H22N6. The van der Waals surface area contributed by atoms with Crippen LogP contribution in [0.1, 0.15) is 36.1 Å². The highest BCUT2D eigenvalue weighted by Gasteiger charge is 2.23. The Hall–Kier alpha value is -2.76. The number of rotatable bonds is 3. The molecular weight excluding hydrogens is 312 g/mol. The standard InChI is InChI=1S/C19H22N6/c1-14-20-9-8-18(22-14)24-11-4-5-16(13-24)17-6-3-7-19(23-17)25-12-10-21-15(25)2/h3,6-10,12,16H,4-5,11,13H2,1-2H3/t16-/m0/s1. The van der Waals surface area contributed by atoms with E-state index in [-0.39, 0.29) is 0 Å². The van der Waals surface area contributed by atoms with Crippen molar-refractivity contribution in [1.82, 2.24) is 24.5 Å². The van der Waals surface area contributed by atoms with Crippen molar-refractivity contribution in [1.29, 1.82) is 0 Å². The van der Waals surface area contributed by atoms with Crippen molar-refractivity contribution in [2.75, 3.05) is 18.0 Å². The van der Waals surface area contributed by atoms with E-state index >= 15 is 0 Å². The Morgan fingerprint density at radius 2 is 1.92 bits per heavy atom. The lowest BCUT2D eigenvalue weighted by Crippen LogP contribution is -2.35. The van der Waals surface area contributed by atoms with Gasteiger partial charge in [0.05, 0.1) is 0 Å². The summed E-state index contributed by atoms with van der Waals surface area (Å²) in [6, 6.07) is 8.25. The van der Waals surface area contributed by atoms with E-state index < -0.39 is 0 Å². The Kier molecular flexibility index (Phi) is 4.17. The molecule has 1 saturated heterocycles. The van der Waals surface area contributed by atoms with Crippen LogP contribution in [-0.2, 0) is 0 Å². The molecule has 6 nitrogen and oxygen atoms in total. The van der Waals surface area contributed by atoms with Crippen LogP contribution >= 0.6 is 0 Å². The predicted octanol–water partition coefficient (Wildman–Crippen LogP) is 3.06. The third kappa shape index (κ3) is 3.24. The van der Waals surface area contributed by atoms with Crippen LogP contribution in [0.25, 0.3) is 5.82 Å². The lowest BCUT2D eigenvalue weighted by atomic mass is 9.94. The monoisotopic (exact) mass is 334 g/mol. The Bertz CT molecular complexity index is 872. The van der Waals surface area contributed by atoms with Gasteiger partial charge in [0.2, 0.25) is 0 Å². The fraction of sp³-hybridized carbons (Fsp3) is 0.368. The minimum absolute atomic E-state index is 0.410. The van der Waals surface area contributed by atoms with Gasteiger partial charge in [-0.25, -0.2) is 19.9 Å². The Labute approximate surface area is 147 Å². The van der Waals surface area contributed by atoms with Crippen molar-refractivity contribution in [2.24, 2.45) is 0 Å². The van der Waals surface area contributed by atoms with E-state index in [2.05, 4.69) is 32.0 Å². The lowest BCUT2D eigenvalue weighted by molar-refractivity contribution is 0.497. The Morgan fingerprint density at radius 1 is 1.00 bits per heavy atom. The molecule has 0 N–H and O–H groups in total. The zero-order valence-electron chi connectivity index (χ0n) is 14.6. The van der Waals surface area contributed by atoms with Crippen molar-refractivity contribution in [3.05, 3.63) is 60.2 Å². The summed E-state index contributed by atoms with van der Waals surface area (Å²) in [6.07, 6.45) is 7.90. The van der Waals surface area contributed by atoms with Crippen LogP contribution in [0.3, 0.4) is 0 Å². The van der Waals surface area contributed by atoms with E-state index in [1.807, 2.05) is 49.1 Å². The molecule has 1 aliphatic heterocycles. The summed E-state index contributed by atoms with van der Waals surface area (Å²) in [5.74, 6) is 4.12. The largest absolute Gasteiger partial charge is 0.356 e. The molecule has 0 spiro atoms. The molecule has 3 aromatic heterocycles. The van der Waals surface area contributed by atoms with Crippen LogP contribution in [-0.4, -0.2) is 37.6 Å². The molecule has 4 heterocycles. The number of aromatic nitrogens is 5. The molecule has 0 saturated carbocycles. The maximum Gasteiger partial charge on any atom is 0.138 e. The normalized spacial score (nSPS) is 17.7. The molecule has 0 unspecified atom stereocenters. The summed E-state index contributed by atoms with van der Waals surface area (Å²) in [6.45, 7) is 5.90. The van der Waals surface area contributed by atoms with Crippen LogP contribution in [0.5, 0.6) is 0 Å². The van der Waals surface area contributed by atoms with Gasteiger partial charge in [-0.15, -0.1) is 0 Å². The molecule has 1 atom stereocenters. The molecule has 0 amide bonds. The first-order chi connectivity index (χ1) is 12.2. The van der Waals surface area contributed by atoms with Gasteiger partial charge in [0.25, 0.3) is 0 Å². The van der Waals surface area contributed by atoms with Crippen molar-refractivity contribution >= 4 is 5.82 Å². The van der Waals surface area contributed by atoms with E-state index in [0.29, 0.717) is 5.92 Å². The number of hydrogen-bond donors (Lipinski definition) is 0. The third-order valence-corrected chi connectivity index (χ3v) is 4.75. The highest BCUT2D eigenvalue weighted by Crippen LogP contribution is 2.28. The quantitative estimate of drug-likeness (QED) is 0.737. The maximum atomic E-state index is 4.91. The number of piperidine rings is 1. The fourth-order valence-corrected chi connectivity index (χ4v) is 3.47. The number of pyridine rings is 1. The van der Waals surface area contributed by atoms with Gasteiger partial charge in [0.1, 0.15) is 23.3 Å². The second-order valence-electron chi connectivity index (χ2n) is 6.51. The van der Waals surface area contributed by atoms with Gasteiger partial charge in [-0.2, -0.15) is 0 Å². The van der Waals surface area contributed by atoms with Crippen LogP contribution in [0.4, 0.5) is 5.82 Å². The molecule has 1 aliphatic rings. The summed E-state index contributed by atoms with van der Waals surface area (Å²) < 4.78 is 2.03. The first-order valence-electron chi connectivity index (χ1n) is 8.72. The first-order valence-corrected chi connectivity index (χ1v) is 8.72. The Balaban J connectivity index is 1.58. The minimum atomic E-state index is 0.410. The van der Waals surface area contributed by atoms with Gasteiger partial charge in [-0.1, -0.05) is 6.07 Å². The topological polar surface area (TPSA) is 59.7 Å². The molecule has 3 aromatic rings. The van der Waals surface area contributed by atoms with Gasteiger partial charge in [-0.3, -0.25) is 4.57 Å². The first kappa shape index (κ1) is 15.7. The smallest absolute Gasteiger partial charge is 0.138 e. The summed E-state index contributed by atoms with van der Waals surface area (Å²) in [5, 5.41) is 0. The molecule has 0 aromatic carbocycles. The maximum absolute atomic E-state index is 4.91. The fourth-order valence-electron chi connectivity index (χ4n) is 3.47. The van der Waals surface area contributed by atoms with Crippen LogP contribution in [0.2, 0.25) is 0 Å². The summed E-state index contributed by atoms with van der Waals surface area (Å²) in [5.41, 5.74) is 1.14. The molecule has 0 radical (unpaired) electrons. The number of anilines is 1. The van der Waals surface area contributed by atoms with E-state index in [1.54, 1.807) is 0 Å². The molecule has 4 rings (SSSR count). The van der Waals surface area contributed by atoms with E-state index in [0.717, 1.165) is 54.9 Å². The van der Waals surface area contributed by atoms with Gasteiger partial charge in [0.15, 0.2) is 0 Å². The third-order valence-electron chi connectivity index (χ3n) is 4.75. The molecule has 0 bridgehead atoms. The number of hydrogen-bond acceptors (Lipinski definition) is 5. The van der Waals surface area contributed by atoms with Crippen molar-refractivity contribution in [3.63, 3.8) is 0 Å². The van der Waals surface area contributed by atoms with Gasteiger partial charge < -0.3 is 4.90 Å². The Morgan fingerprint density at radius 3 is 2.72 bits per heavy atom. The average Bonchev–Trinajstić information content (AvgIpc) is 3.08. The zero-order chi connectivity index (χ0) is 17.2. The highest BCUT2D eigenvalue weighted by molar-refractivity contribution is 5.39. The van der Waals surface area contributed by atoms with Crippen molar-refractivity contribution in [3.8, 4) is 5.82 Å². The van der Waals surface area contributed by atoms with Crippen LogP contribution < -0.4 is 4.90 Å². The molecule has 6 heteroatoms. The van der Waals surface area contributed by atoms with Crippen molar-refractivity contribution in [2.45, 2.75) is 32.6 Å². The second kappa shape index (κ2) is 6.63. The average molecular weight is 334 g/mol. The van der Waals surface area contributed by atoms with Crippen LogP contribution in [0.15, 0.2) is 42.9 Å². The molecule has 0 aliphatic carbocycles. The number of nitrogens with zero attached hydrogens (tertiary/aromatic N) is 6. The van der Waals surface area contributed by atoms with E-state index in [9.17, 15) is 0 Å². The SMILES string of the molecule is Cc1nccc(N2CCC[C@H](c3cccc(-n4ccnc4C)n3)C2)n1. The predicted molar refractivity (Wildman–Crippen MR) is 97.1 cm³/mol. The number of imidazole rings is 1. The molecule has 25 heavy (non-hydrogen) atoms. The van der Waals surface area contributed by atoms with Crippen LogP contribution in [0, 0.1) is 13.8 Å². The molecule has 1 fully saturated rings. The van der Waals surface area contributed by atoms with Crippen molar-refractivity contribution < 1.29 is 0 Å². The van der Waals surface area contributed by atoms with Gasteiger partial charge in [-0.05, 0) is 44.9 Å². The summed E-state index contributed by atoms with van der Waals surface area (Å²) in [7, 11) is 0. The summed E-state index contributed by atoms with van der Waals surface area (Å²) >= 11 is 0. The lowest BCUT2D eigenvalue weighted by Gasteiger charge is -2.33. The zero-order valence-corrected chi connectivity index (χ0v) is 14.6. The molecule has 128 valence electrons. The highest BCUT2D eigenvalue weighted by atomic mass is 15.2. The van der Waals surface area contributed by atoms with Gasteiger partial charge in [0, 0.05) is 43.3 Å². The minimum Gasteiger partial charge on any atom is -0.356 e. The van der Waals surface area contributed by atoms with Gasteiger partial charge >= 0.3 is 0 Å². The summed E-state index contributed by atoms with van der Waals surface area (Å²) in [4.78, 5) is 20.3. The van der Waals surface area contributed by atoms with E-state index in [4.69, 9.17) is 4.98 Å². The van der Waals surface area contributed by atoms with E-state index in [1.165, 1.54) is 0 Å². The second-order valence-corrected chi connectivity index (χ2v) is 6.51.